The molecule has 7 heteroatoms. The molecule has 0 aliphatic heterocycles. The molecule has 0 radical (unpaired) electrons. The largest absolute Gasteiger partial charge is 0.488 e. The van der Waals surface area contributed by atoms with Crippen LogP contribution in [0.25, 0.3) is 0 Å². The van der Waals surface area contributed by atoms with E-state index in [1.165, 1.54) is 6.07 Å². The molecule has 0 aromatic heterocycles. The number of aliphatic hydroxyl groups excluding tert-OH is 1. The lowest BCUT2D eigenvalue weighted by Gasteiger charge is -2.27. The molecule has 0 saturated heterocycles. The van der Waals surface area contributed by atoms with Gasteiger partial charge in [-0.05, 0) is 44.7 Å². The van der Waals surface area contributed by atoms with E-state index in [4.69, 9.17) is 4.74 Å². The monoisotopic (exact) mass is 328 g/mol. The van der Waals surface area contributed by atoms with Gasteiger partial charge in [0.1, 0.15) is 12.4 Å². The van der Waals surface area contributed by atoms with E-state index in [0.29, 0.717) is 12.8 Å². The van der Waals surface area contributed by atoms with Gasteiger partial charge >= 0.3 is 6.03 Å². The van der Waals surface area contributed by atoms with Gasteiger partial charge in [0.05, 0.1) is 12.1 Å². The van der Waals surface area contributed by atoms with Crippen LogP contribution >= 0.6 is 0 Å². The fourth-order valence-electron chi connectivity index (χ4n) is 2.52. The van der Waals surface area contributed by atoms with Gasteiger partial charge in [0, 0.05) is 12.1 Å². The van der Waals surface area contributed by atoms with Crippen LogP contribution in [0.2, 0.25) is 0 Å². The fourth-order valence-corrected chi connectivity index (χ4v) is 2.52. The van der Waals surface area contributed by atoms with Gasteiger partial charge < -0.3 is 20.5 Å². The average Bonchev–Trinajstić information content (AvgIpc) is 2.48. The third-order valence-electron chi connectivity index (χ3n) is 3.79. The number of carbonyl (C=O) groups excluding carboxylic acids is 1. The first-order chi connectivity index (χ1) is 10.9. The second-order valence-electron chi connectivity index (χ2n) is 5.91. The second kappa shape index (κ2) is 8.10. The summed E-state index contributed by atoms with van der Waals surface area (Å²) in [7, 11) is 0. The molecule has 2 rings (SSSR count). The fraction of sp³-hybridized carbons (Fsp3) is 0.562. The summed E-state index contributed by atoms with van der Waals surface area (Å²) >= 11 is 0. The average molecular weight is 328 g/mol. The molecule has 0 spiro atoms. The van der Waals surface area contributed by atoms with Crippen LogP contribution in [0, 0.1) is 11.6 Å². The minimum atomic E-state index is -0.776. The van der Waals surface area contributed by atoms with E-state index in [2.05, 4.69) is 10.6 Å². The Morgan fingerprint density at radius 3 is 2.70 bits per heavy atom. The summed E-state index contributed by atoms with van der Waals surface area (Å²) in [6.45, 7) is 1.80. The Morgan fingerprint density at radius 2 is 2.04 bits per heavy atom. The quantitative estimate of drug-likeness (QED) is 0.777. The van der Waals surface area contributed by atoms with E-state index < -0.39 is 11.6 Å². The molecule has 1 aromatic rings. The highest BCUT2D eigenvalue weighted by molar-refractivity contribution is 5.74. The topological polar surface area (TPSA) is 70.6 Å². The lowest BCUT2D eigenvalue weighted by Crippen LogP contribution is -2.48. The molecule has 0 bridgehead atoms. The van der Waals surface area contributed by atoms with Gasteiger partial charge in [-0.15, -0.1) is 0 Å². The number of ether oxygens (including phenoxy) is 1. The molecular weight excluding hydrogens is 306 g/mol. The number of benzene rings is 1. The minimum Gasteiger partial charge on any atom is -0.488 e. The van der Waals surface area contributed by atoms with E-state index >= 15 is 0 Å². The van der Waals surface area contributed by atoms with Gasteiger partial charge in [-0.2, -0.15) is 0 Å². The highest BCUT2D eigenvalue weighted by Gasteiger charge is 2.21. The van der Waals surface area contributed by atoms with Gasteiger partial charge in [-0.25, -0.2) is 13.6 Å². The molecule has 1 aliphatic rings. The molecule has 128 valence electrons. The number of nitrogens with one attached hydrogen (secondary N) is 2. The third kappa shape index (κ3) is 5.67. The summed E-state index contributed by atoms with van der Waals surface area (Å²) in [5.74, 6) is -1.50. The van der Waals surface area contributed by atoms with E-state index in [1.54, 1.807) is 6.92 Å². The van der Waals surface area contributed by atoms with Gasteiger partial charge in [-0.1, -0.05) is 0 Å². The Balaban J connectivity index is 1.71. The molecule has 1 aromatic carbocycles. The van der Waals surface area contributed by atoms with Crippen molar-refractivity contribution in [1.82, 2.24) is 10.6 Å². The first-order valence-electron chi connectivity index (χ1n) is 7.77. The summed E-state index contributed by atoms with van der Waals surface area (Å²) in [6.07, 6.45) is 2.61. The van der Waals surface area contributed by atoms with Crippen LogP contribution in [0.3, 0.4) is 0 Å². The molecule has 2 amide bonds. The molecule has 5 nitrogen and oxygen atoms in total. The van der Waals surface area contributed by atoms with Crippen molar-refractivity contribution in [3.63, 3.8) is 0 Å². The minimum absolute atomic E-state index is 0.0540. The first kappa shape index (κ1) is 17.5. The van der Waals surface area contributed by atoms with Gasteiger partial charge in [0.2, 0.25) is 0 Å². The lowest BCUT2D eigenvalue weighted by molar-refractivity contribution is 0.117. The predicted molar refractivity (Wildman–Crippen MR) is 81.2 cm³/mol. The lowest BCUT2D eigenvalue weighted by atomic mass is 9.93. The van der Waals surface area contributed by atoms with E-state index in [-0.39, 0.29) is 36.6 Å². The van der Waals surface area contributed by atoms with E-state index in [1.807, 2.05) is 0 Å². The Morgan fingerprint density at radius 1 is 1.35 bits per heavy atom. The molecule has 23 heavy (non-hydrogen) atoms. The van der Waals surface area contributed by atoms with Crippen LogP contribution in [0.5, 0.6) is 5.75 Å². The normalized spacial score (nSPS) is 22.3. The van der Waals surface area contributed by atoms with E-state index in [9.17, 15) is 18.7 Å². The first-order valence-corrected chi connectivity index (χ1v) is 7.77. The maximum absolute atomic E-state index is 13.4. The van der Waals surface area contributed by atoms with Crippen molar-refractivity contribution < 1.29 is 23.4 Å². The number of amides is 2. The SMILES string of the molecule is CC(COc1ccc(F)cc1F)NC(=O)NC1CCC(O)CC1. The second-order valence-corrected chi connectivity index (χ2v) is 5.91. The zero-order chi connectivity index (χ0) is 16.8. The van der Waals surface area contributed by atoms with Crippen LogP contribution < -0.4 is 15.4 Å². The number of halogens is 2. The molecule has 0 heterocycles. The number of carbonyl (C=O) groups is 1. The van der Waals surface area contributed by atoms with Crippen LogP contribution in [-0.2, 0) is 0 Å². The molecule has 1 unspecified atom stereocenters. The standard InChI is InChI=1S/C16H22F2N2O3/c1-10(9-23-15-7-2-11(17)8-14(15)18)19-16(22)20-12-3-5-13(21)6-4-12/h2,7-8,10,12-13,21H,3-6,9H2,1H3,(H2,19,20,22). The Hall–Kier alpha value is -1.89. The maximum atomic E-state index is 13.4. The van der Waals surface area contributed by atoms with Crippen molar-refractivity contribution >= 4 is 6.03 Å². The highest BCUT2D eigenvalue weighted by atomic mass is 19.1. The van der Waals surface area contributed by atoms with Gasteiger partial charge in [0.15, 0.2) is 11.6 Å². The number of hydrogen-bond acceptors (Lipinski definition) is 3. The summed E-state index contributed by atoms with van der Waals surface area (Å²) in [5, 5.41) is 15.0. The number of urea groups is 1. The number of rotatable bonds is 5. The third-order valence-corrected chi connectivity index (χ3v) is 3.79. The van der Waals surface area contributed by atoms with Crippen molar-refractivity contribution in [3.05, 3.63) is 29.8 Å². The van der Waals surface area contributed by atoms with Crippen molar-refractivity contribution in [3.8, 4) is 5.75 Å². The van der Waals surface area contributed by atoms with Crippen LogP contribution in [0.1, 0.15) is 32.6 Å². The summed E-state index contributed by atoms with van der Waals surface area (Å²) in [5.41, 5.74) is 0. The number of hydrogen-bond donors (Lipinski definition) is 3. The molecule has 1 aliphatic carbocycles. The van der Waals surface area contributed by atoms with Crippen molar-refractivity contribution in [1.29, 1.82) is 0 Å². The highest BCUT2D eigenvalue weighted by Crippen LogP contribution is 2.19. The summed E-state index contributed by atoms with van der Waals surface area (Å²) < 4.78 is 31.4. The Bertz CT molecular complexity index is 534. The zero-order valence-electron chi connectivity index (χ0n) is 13.0. The molecule has 3 N–H and O–H groups in total. The van der Waals surface area contributed by atoms with Crippen LogP contribution in [0.4, 0.5) is 13.6 Å². The Kier molecular flexibility index (Phi) is 6.15. The van der Waals surface area contributed by atoms with Crippen molar-refractivity contribution in [2.75, 3.05) is 6.61 Å². The summed E-state index contributed by atoms with van der Waals surface area (Å²) in [6, 6.07) is 2.47. The molecular formula is C16H22F2N2O3. The van der Waals surface area contributed by atoms with Crippen LogP contribution in [0.15, 0.2) is 18.2 Å². The van der Waals surface area contributed by atoms with Crippen molar-refractivity contribution in [2.45, 2.75) is 50.8 Å². The maximum Gasteiger partial charge on any atom is 0.315 e. The number of aliphatic hydroxyl groups is 1. The molecule has 1 atom stereocenters. The molecule has 1 saturated carbocycles. The molecule has 1 fully saturated rings. The zero-order valence-corrected chi connectivity index (χ0v) is 13.0. The smallest absolute Gasteiger partial charge is 0.315 e. The predicted octanol–water partition coefficient (Wildman–Crippen LogP) is 2.33. The van der Waals surface area contributed by atoms with Gasteiger partial charge in [0.25, 0.3) is 0 Å². The van der Waals surface area contributed by atoms with Crippen molar-refractivity contribution in [2.24, 2.45) is 0 Å². The van der Waals surface area contributed by atoms with Gasteiger partial charge in [-0.3, -0.25) is 0 Å². The Labute approximate surface area is 134 Å². The summed E-state index contributed by atoms with van der Waals surface area (Å²) in [4.78, 5) is 11.9. The van der Waals surface area contributed by atoms with Crippen LogP contribution in [-0.4, -0.2) is 35.9 Å². The van der Waals surface area contributed by atoms with E-state index in [0.717, 1.165) is 25.0 Å².